The van der Waals surface area contributed by atoms with Crippen molar-refractivity contribution in [1.82, 2.24) is 9.80 Å². The van der Waals surface area contributed by atoms with Crippen LogP contribution in [0.2, 0.25) is 0 Å². The largest absolute Gasteiger partial charge is 0.480 e. The molecule has 96 valence electrons. The predicted molar refractivity (Wildman–Crippen MR) is 62.6 cm³/mol. The van der Waals surface area contributed by atoms with E-state index in [0.717, 1.165) is 38.9 Å². The van der Waals surface area contributed by atoms with Crippen molar-refractivity contribution in [1.29, 1.82) is 0 Å². The van der Waals surface area contributed by atoms with Gasteiger partial charge in [0.05, 0.1) is 6.54 Å². The molecule has 1 aliphatic carbocycles. The minimum absolute atomic E-state index is 0.128. The van der Waals surface area contributed by atoms with E-state index in [9.17, 15) is 9.59 Å². The number of nitrogens with zero attached hydrogens (tertiary/aromatic N) is 2. The fourth-order valence-corrected chi connectivity index (χ4v) is 2.56. The number of likely N-dealkylation sites (tertiary alicyclic amines) is 1. The van der Waals surface area contributed by atoms with E-state index in [-0.39, 0.29) is 12.5 Å². The second kappa shape index (κ2) is 5.04. The van der Waals surface area contributed by atoms with E-state index < -0.39 is 5.97 Å². The van der Waals surface area contributed by atoms with Crippen LogP contribution in [0.15, 0.2) is 0 Å². The minimum atomic E-state index is -0.752. The van der Waals surface area contributed by atoms with Gasteiger partial charge in [0.25, 0.3) is 0 Å². The van der Waals surface area contributed by atoms with Gasteiger partial charge in [0, 0.05) is 32.6 Å². The molecule has 2 rings (SSSR count). The molecule has 0 spiro atoms. The fourth-order valence-electron chi connectivity index (χ4n) is 2.56. The van der Waals surface area contributed by atoms with Crippen molar-refractivity contribution in [3.63, 3.8) is 0 Å². The molecule has 1 saturated carbocycles. The fraction of sp³-hybridized carbons (Fsp3) is 0.833. The van der Waals surface area contributed by atoms with E-state index >= 15 is 0 Å². The van der Waals surface area contributed by atoms with E-state index in [4.69, 9.17) is 5.11 Å². The first-order valence-corrected chi connectivity index (χ1v) is 6.27. The normalized spacial score (nSPS) is 24.4. The topological polar surface area (TPSA) is 60.9 Å². The Labute approximate surface area is 101 Å². The van der Waals surface area contributed by atoms with Crippen LogP contribution in [0.5, 0.6) is 0 Å². The van der Waals surface area contributed by atoms with E-state index in [0.29, 0.717) is 12.0 Å². The van der Waals surface area contributed by atoms with Crippen LogP contribution in [0.3, 0.4) is 0 Å². The van der Waals surface area contributed by atoms with Crippen LogP contribution in [0, 0.1) is 5.92 Å². The second-order valence-electron chi connectivity index (χ2n) is 5.17. The monoisotopic (exact) mass is 240 g/mol. The van der Waals surface area contributed by atoms with Gasteiger partial charge in [-0.25, -0.2) is 0 Å². The molecule has 1 atom stereocenters. The maximum atomic E-state index is 11.2. The first-order valence-electron chi connectivity index (χ1n) is 6.27. The molecule has 1 heterocycles. The van der Waals surface area contributed by atoms with Crippen LogP contribution in [0.1, 0.15) is 26.2 Å². The highest BCUT2D eigenvalue weighted by Crippen LogP contribution is 2.29. The van der Waals surface area contributed by atoms with Crippen molar-refractivity contribution in [2.75, 3.05) is 26.2 Å². The lowest BCUT2D eigenvalue weighted by Gasteiger charge is -2.23. The zero-order valence-electron chi connectivity index (χ0n) is 10.3. The van der Waals surface area contributed by atoms with Gasteiger partial charge in [0.1, 0.15) is 0 Å². The summed E-state index contributed by atoms with van der Waals surface area (Å²) in [5, 5.41) is 8.87. The lowest BCUT2D eigenvalue weighted by molar-refractivity contribution is -0.138. The highest BCUT2D eigenvalue weighted by Gasteiger charge is 2.34. The smallest absolute Gasteiger partial charge is 0.317 e. The third-order valence-corrected chi connectivity index (χ3v) is 3.63. The molecular formula is C12H20N2O3. The maximum absolute atomic E-state index is 11.2. The highest BCUT2D eigenvalue weighted by atomic mass is 16.4. The van der Waals surface area contributed by atoms with Crippen molar-refractivity contribution >= 4 is 11.9 Å². The molecule has 0 bridgehead atoms. The Balaban J connectivity index is 1.82. The molecule has 1 aliphatic heterocycles. The molecule has 0 aromatic carbocycles. The molecule has 0 aromatic heterocycles. The van der Waals surface area contributed by atoms with Crippen molar-refractivity contribution < 1.29 is 14.7 Å². The minimum Gasteiger partial charge on any atom is -0.480 e. The average molecular weight is 240 g/mol. The lowest BCUT2D eigenvalue weighted by atomic mass is 10.1. The molecular weight excluding hydrogens is 220 g/mol. The van der Waals surface area contributed by atoms with Gasteiger partial charge in [-0.3, -0.25) is 14.5 Å². The second-order valence-corrected chi connectivity index (χ2v) is 5.17. The van der Waals surface area contributed by atoms with Crippen LogP contribution >= 0.6 is 0 Å². The van der Waals surface area contributed by atoms with Gasteiger partial charge in [-0.2, -0.15) is 0 Å². The van der Waals surface area contributed by atoms with Gasteiger partial charge in [0.15, 0.2) is 0 Å². The van der Waals surface area contributed by atoms with E-state index in [1.807, 2.05) is 4.90 Å². The number of amides is 1. The summed E-state index contributed by atoms with van der Waals surface area (Å²) in [6, 6.07) is 0.470. The molecule has 1 N–H and O–H groups in total. The number of carboxylic acid groups (broad SMARTS) is 1. The Bertz CT molecular complexity index is 315. The summed E-state index contributed by atoms with van der Waals surface area (Å²) in [5.74, 6) is -0.180. The number of carboxylic acids is 1. The number of carbonyl (C=O) groups is 2. The standard InChI is InChI=1S/C12H20N2O3/c1-9(15)13-5-4-10(6-13)7-14(8-12(16)17)11-2-3-11/h10-11H,2-8H2,1H3,(H,16,17)/t10-/m1/s1. The Morgan fingerprint density at radius 3 is 2.53 bits per heavy atom. The van der Waals surface area contributed by atoms with E-state index in [1.54, 1.807) is 6.92 Å². The Hall–Kier alpha value is -1.10. The van der Waals surface area contributed by atoms with Crippen LogP contribution in [-0.4, -0.2) is 59.0 Å². The third-order valence-electron chi connectivity index (χ3n) is 3.63. The first-order chi connectivity index (χ1) is 8.06. The molecule has 2 aliphatic rings. The summed E-state index contributed by atoms with van der Waals surface area (Å²) < 4.78 is 0. The van der Waals surface area contributed by atoms with Crippen LogP contribution in [0.25, 0.3) is 0 Å². The molecule has 5 nitrogen and oxygen atoms in total. The summed E-state index contributed by atoms with van der Waals surface area (Å²) >= 11 is 0. The highest BCUT2D eigenvalue weighted by molar-refractivity contribution is 5.73. The molecule has 0 radical (unpaired) electrons. The third kappa shape index (κ3) is 3.43. The van der Waals surface area contributed by atoms with Crippen molar-refractivity contribution in [2.24, 2.45) is 5.92 Å². The quantitative estimate of drug-likeness (QED) is 0.756. The molecule has 0 aromatic rings. The van der Waals surface area contributed by atoms with Gasteiger partial charge < -0.3 is 10.0 Å². The van der Waals surface area contributed by atoms with Crippen molar-refractivity contribution in [3.8, 4) is 0 Å². The van der Waals surface area contributed by atoms with Crippen molar-refractivity contribution in [2.45, 2.75) is 32.2 Å². The SMILES string of the molecule is CC(=O)N1CC[C@@H](CN(CC(=O)O)C2CC2)C1. The van der Waals surface area contributed by atoms with Gasteiger partial charge in [-0.1, -0.05) is 0 Å². The summed E-state index contributed by atoms with van der Waals surface area (Å²) in [7, 11) is 0. The average Bonchev–Trinajstić information content (AvgIpc) is 2.97. The van der Waals surface area contributed by atoms with Crippen LogP contribution < -0.4 is 0 Å². The van der Waals surface area contributed by atoms with E-state index in [1.165, 1.54) is 0 Å². The van der Waals surface area contributed by atoms with Gasteiger partial charge in [0.2, 0.25) is 5.91 Å². The molecule has 1 amide bonds. The first kappa shape index (κ1) is 12.4. The molecule has 0 unspecified atom stereocenters. The van der Waals surface area contributed by atoms with Gasteiger partial charge >= 0.3 is 5.97 Å². The predicted octanol–water partition coefficient (Wildman–Crippen LogP) is 0.404. The van der Waals surface area contributed by atoms with Crippen LogP contribution in [-0.2, 0) is 9.59 Å². The Kier molecular flexibility index (Phi) is 3.66. The van der Waals surface area contributed by atoms with Crippen molar-refractivity contribution in [3.05, 3.63) is 0 Å². The molecule has 5 heteroatoms. The zero-order valence-corrected chi connectivity index (χ0v) is 10.3. The summed E-state index contributed by atoms with van der Waals surface area (Å²) in [6.45, 7) is 4.17. The number of rotatable bonds is 5. The van der Waals surface area contributed by atoms with Gasteiger partial charge in [-0.05, 0) is 25.2 Å². The molecule has 1 saturated heterocycles. The molecule has 2 fully saturated rings. The number of aliphatic carboxylic acids is 1. The van der Waals surface area contributed by atoms with Gasteiger partial charge in [-0.15, -0.1) is 0 Å². The Morgan fingerprint density at radius 1 is 1.35 bits per heavy atom. The summed E-state index contributed by atoms with van der Waals surface area (Å²) in [4.78, 5) is 25.9. The Morgan fingerprint density at radius 2 is 2.06 bits per heavy atom. The summed E-state index contributed by atoms with van der Waals surface area (Å²) in [6.07, 6.45) is 3.25. The van der Waals surface area contributed by atoms with Crippen LogP contribution in [0.4, 0.5) is 0 Å². The zero-order chi connectivity index (χ0) is 12.4. The lowest BCUT2D eigenvalue weighted by Crippen LogP contribution is -2.37. The number of hydrogen-bond acceptors (Lipinski definition) is 3. The molecule has 17 heavy (non-hydrogen) atoms. The van der Waals surface area contributed by atoms with E-state index in [2.05, 4.69) is 4.90 Å². The number of hydrogen-bond donors (Lipinski definition) is 1. The number of carbonyl (C=O) groups excluding carboxylic acids is 1. The maximum Gasteiger partial charge on any atom is 0.317 e. The summed E-state index contributed by atoms with van der Waals surface area (Å²) in [5.41, 5.74) is 0.